The van der Waals surface area contributed by atoms with Gasteiger partial charge in [0, 0.05) is 29.3 Å². The second kappa shape index (κ2) is 6.12. The molecule has 0 bridgehead atoms. The normalized spacial score (nSPS) is 10.5. The molecule has 0 saturated carbocycles. The summed E-state index contributed by atoms with van der Waals surface area (Å²) in [4.78, 5) is 26.2. The molecule has 0 atom stereocenters. The summed E-state index contributed by atoms with van der Waals surface area (Å²) in [7, 11) is 0. The van der Waals surface area contributed by atoms with Gasteiger partial charge in [0.2, 0.25) is 0 Å². The first-order chi connectivity index (χ1) is 10.6. The summed E-state index contributed by atoms with van der Waals surface area (Å²) in [6.07, 6.45) is 1.63. The van der Waals surface area contributed by atoms with Crippen LogP contribution in [0.4, 0.5) is 5.69 Å². The Morgan fingerprint density at radius 3 is 2.64 bits per heavy atom. The third-order valence-electron chi connectivity index (χ3n) is 2.76. The van der Waals surface area contributed by atoms with Crippen LogP contribution in [-0.4, -0.2) is 15.0 Å². The van der Waals surface area contributed by atoms with Crippen LogP contribution in [0.5, 0.6) is 0 Å². The predicted octanol–water partition coefficient (Wildman–Crippen LogP) is 4.24. The molecule has 3 rings (SSSR count). The lowest BCUT2D eigenvalue weighted by Gasteiger charge is -1.97. The minimum Gasteiger partial charge on any atom is -0.452 e. The number of nitrogens with zero attached hydrogens (tertiary/aromatic N) is 2. The number of nitro benzene ring substituents is 1. The molecule has 22 heavy (non-hydrogen) atoms. The van der Waals surface area contributed by atoms with Crippen molar-refractivity contribution in [2.75, 3.05) is 0 Å². The van der Waals surface area contributed by atoms with Gasteiger partial charge in [-0.3, -0.25) is 14.9 Å². The van der Waals surface area contributed by atoms with Crippen LogP contribution in [0.3, 0.4) is 0 Å². The highest BCUT2D eigenvalue weighted by atomic mass is 32.2. The molecule has 0 saturated heterocycles. The van der Waals surface area contributed by atoms with Gasteiger partial charge >= 0.3 is 0 Å². The summed E-state index contributed by atoms with van der Waals surface area (Å²) in [5, 5.41) is 12.2. The number of hydrogen-bond donors (Lipinski definition) is 0. The second-order valence-electron chi connectivity index (χ2n) is 4.16. The fraction of sp³-hybridized carbons (Fsp3) is 0. The Labute approximate surface area is 133 Å². The molecule has 0 aliphatic carbocycles. The van der Waals surface area contributed by atoms with E-state index in [0.29, 0.717) is 15.7 Å². The molecule has 110 valence electrons. The summed E-state index contributed by atoms with van der Waals surface area (Å²) in [5.74, 6) is 0.700. The number of thiazole rings is 1. The van der Waals surface area contributed by atoms with E-state index in [1.807, 2.05) is 0 Å². The molecular weight excluding hydrogens is 324 g/mol. The van der Waals surface area contributed by atoms with Crippen molar-refractivity contribution < 1.29 is 14.1 Å². The van der Waals surface area contributed by atoms with E-state index in [1.54, 1.807) is 35.8 Å². The Morgan fingerprint density at radius 1 is 1.23 bits per heavy atom. The zero-order valence-corrected chi connectivity index (χ0v) is 12.6. The molecule has 0 aliphatic heterocycles. The molecule has 0 aliphatic rings. The van der Waals surface area contributed by atoms with Gasteiger partial charge in [-0.2, -0.15) is 0 Å². The van der Waals surface area contributed by atoms with Gasteiger partial charge < -0.3 is 4.42 Å². The van der Waals surface area contributed by atoms with E-state index in [4.69, 9.17) is 4.42 Å². The van der Waals surface area contributed by atoms with Gasteiger partial charge in [-0.1, -0.05) is 0 Å². The van der Waals surface area contributed by atoms with Gasteiger partial charge in [0.25, 0.3) is 10.8 Å². The number of non-ortho nitro benzene ring substituents is 1. The largest absolute Gasteiger partial charge is 0.452 e. The van der Waals surface area contributed by atoms with Gasteiger partial charge in [-0.05, 0) is 36.0 Å². The number of thioether (sulfide) groups is 1. The molecule has 0 spiro atoms. The van der Waals surface area contributed by atoms with Crippen molar-refractivity contribution in [3.63, 3.8) is 0 Å². The molecule has 0 fully saturated rings. The number of benzene rings is 1. The Kier molecular flexibility index (Phi) is 4.03. The summed E-state index contributed by atoms with van der Waals surface area (Å²) in [6, 6.07) is 9.20. The minimum absolute atomic E-state index is 0.00549. The average molecular weight is 332 g/mol. The van der Waals surface area contributed by atoms with Gasteiger partial charge in [0.15, 0.2) is 10.1 Å². The zero-order valence-electron chi connectivity index (χ0n) is 11.0. The van der Waals surface area contributed by atoms with Crippen LogP contribution in [0.15, 0.2) is 56.7 Å². The highest BCUT2D eigenvalue weighted by Crippen LogP contribution is 2.29. The van der Waals surface area contributed by atoms with Gasteiger partial charge in [0.05, 0.1) is 4.92 Å². The maximum atomic E-state index is 12.0. The van der Waals surface area contributed by atoms with E-state index in [9.17, 15) is 14.9 Å². The first-order valence-corrected chi connectivity index (χ1v) is 7.79. The van der Waals surface area contributed by atoms with E-state index < -0.39 is 4.92 Å². The van der Waals surface area contributed by atoms with Crippen molar-refractivity contribution in [3.8, 4) is 11.3 Å². The topological polar surface area (TPSA) is 86.2 Å². The monoisotopic (exact) mass is 332 g/mol. The van der Waals surface area contributed by atoms with E-state index in [0.717, 1.165) is 11.8 Å². The quantitative estimate of drug-likeness (QED) is 0.403. The lowest BCUT2D eigenvalue weighted by Crippen LogP contribution is -1.89. The van der Waals surface area contributed by atoms with Crippen molar-refractivity contribution >= 4 is 33.9 Å². The summed E-state index contributed by atoms with van der Waals surface area (Å²) in [5.41, 5.74) is 0.676. The van der Waals surface area contributed by atoms with Crippen molar-refractivity contribution in [2.24, 2.45) is 0 Å². The van der Waals surface area contributed by atoms with Crippen molar-refractivity contribution in [1.82, 2.24) is 4.98 Å². The highest BCUT2D eigenvalue weighted by Gasteiger charge is 2.15. The van der Waals surface area contributed by atoms with Gasteiger partial charge in [0.1, 0.15) is 5.76 Å². The molecule has 6 nitrogen and oxygen atoms in total. The molecule has 2 heterocycles. The fourth-order valence-electron chi connectivity index (χ4n) is 1.74. The molecular formula is C14H8N2O4S2. The maximum Gasteiger partial charge on any atom is 0.269 e. The molecule has 8 heteroatoms. The first kappa shape index (κ1) is 14.5. The summed E-state index contributed by atoms with van der Waals surface area (Å²) >= 11 is 2.38. The number of carbonyl (C=O) groups excluding carboxylic acids is 1. The number of hydrogen-bond acceptors (Lipinski definition) is 7. The van der Waals surface area contributed by atoms with E-state index in [-0.39, 0.29) is 16.6 Å². The van der Waals surface area contributed by atoms with Crippen molar-refractivity contribution in [3.05, 3.63) is 63.8 Å². The molecule has 0 amide bonds. The van der Waals surface area contributed by atoms with Crippen molar-refractivity contribution in [1.29, 1.82) is 0 Å². The molecule has 1 aromatic carbocycles. The van der Waals surface area contributed by atoms with Crippen molar-refractivity contribution in [2.45, 2.75) is 4.34 Å². The molecule has 3 aromatic rings. The zero-order chi connectivity index (χ0) is 15.5. The third kappa shape index (κ3) is 3.07. The van der Waals surface area contributed by atoms with E-state index >= 15 is 0 Å². The Morgan fingerprint density at radius 2 is 2.00 bits per heavy atom. The molecule has 2 aromatic heterocycles. The van der Waals surface area contributed by atoms with Crippen LogP contribution in [0.1, 0.15) is 10.6 Å². The Balaban J connectivity index is 1.78. The van der Waals surface area contributed by atoms with Crippen LogP contribution in [0.25, 0.3) is 11.3 Å². The summed E-state index contributed by atoms with van der Waals surface area (Å²) < 4.78 is 6.17. The standard InChI is InChI=1S/C14H8N2O4S2/c17-13(22-14-15-7-8-21-14)12-6-5-11(20-12)9-1-3-10(4-2-9)16(18)19/h1-8H. The lowest BCUT2D eigenvalue weighted by atomic mass is 10.1. The van der Waals surface area contributed by atoms with Crippen LogP contribution in [0, 0.1) is 10.1 Å². The van der Waals surface area contributed by atoms with Gasteiger partial charge in [-0.15, -0.1) is 11.3 Å². The number of nitro groups is 1. The van der Waals surface area contributed by atoms with Crippen LogP contribution < -0.4 is 0 Å². The summed E-state index contributed by atoms with van der Waals surface area (Å²) in [6.45, 7) is 0. The van der Waals surface area contributed by atoms with Gasteiger partial charge in [-0.25, -0.2) is 4.98 Å². The van der Waals surface area contributed by atoms with E-state index in [2.05, 4.69) is 4.98 Å². The fourth-order valence-corrected chi connectivity index (χ4v) is 3.17. The predicted molar refractivity (Wildman–Crippen MR) is 83.1 cm³/mol. The lowest BCUT2D eigenvalue weighted by molar-refractivity contribution is -0.384. The third-order valence-corrected chi connectivity index (χ3v) is 4.53. The maximum absolute atomic E-state index is 12.0. The second-order valence-corrected chi connectivity index (χ2v) is 6.27. The number of rotatable bonds is 4. The van der Waals surface area contributed by atoms with Crippen LogP contribution >= 0.6 is 23.1 Å². The number of aromatic nitrogens is 1. The smallest absolute Gasteiger partial charge is 0.269 e. The van der Waals surface area contributed by atoms with Crippen LogP contribution in [-0.2, 0) is 0 Å². The average Bonchev–Trinajstić information content (AvgIpc) is 3.18. The SMILES string of the molecule is O=C(Sc1nccs1)c1ccc(-c2ccc([N+](=O)[O-])cc2)o1. The first-order valence-electron chi connectivity index (χ1n) is 6.10. The molecule has 0 N–H and O–H groups in total. The van der Waals surface area contributed by atoms with E-state index in [1.165, 1.54) is 23.5 Å². The highest BCUT2D eigenvalue weighted by molar-refractivity contribution is 8.15. The minimum atomic E-state index is -0.467. The van der Waals surface area contributed by atoms with Crippen LogP contribution in [0.2, 0.25) is 0 Å². The Bertz CT molecular complexity index is 810. The number of furan rings is 1. The molecule has 0 unspecified atom stereocenters. The Hall–Kier alpha value is -2.45. The molecule has 0 radical (unpaired) electrons. The number of carbonyl (C=O) groups is 1.